The molecule has 5 nitrogen and oxygen atoms in total. The molecular formula is C20H28N4O. The van der Waals surface area contributed by atoms with Crippen molar-refractivity contribution in [3.8, 4) is 0 Å². The van der Waals surface area contributed by atoms with Crippen molar-refractivity contribution in [1.29, 1.82) is 0 Å². The molecule has 0 bridgehead atoms. The molecule has 0 aliphatic carbocycles. The van der Waals surface area contributed by atoms with Gasteiger partial charge in [-0.05, 0) is 64.1 Å². The summed E-state index contributed by atoms with van der Waals surface area (Å²) in [5.74, 6) is 0.709. The molecule has 0 atom stereocenters. The van der Waals surface area contributed by atoms with E-state index in [9.17, 15) is 4.79 Å². The van der Waals surface area contributed by atoms with E-state index in [2.05, 4.69) is 41.2 Å². The van der Waals surface area contributed by atoms with Gasteiger partial charge in [0.15, 0.2) is 0 Å². The highest BCUT2D eigenvalue weighted by atomic mass is 16.2. The molecule has 134 valence electrons. The van der Waals surface area contributed by atoms with E-state index in [0.717, 1.165) is 18.8 Å². The quantitative estimate of drug-likeness (QED) is 0.784. The second kappa shape index (κ2) is 9.06. The molecule has 0 fully saturated rings. The van der Waals surface area contributed by atoms with Crippen LogP contribution in [0.5, 0.6) is 0 Å². The summed E-state index contributed by atoms with van der Waals surface area (Å²) < 4.78 is 0. The minimum Gasteiger partial charge on any atom is -0.372 e. The molecule has 0 radical (unpaired) electrons. The Labute approximate surface area is 150 Å². The lowest BCUT2D eigenvalue weighted by atomic mass is 10.2. The highest BCUT2D eigenvalue weighted by molar-refractivity contribution is 5.95. The maximum atomic E-state index is 12.5. The molecule has 1 aromatic heterocycles. The van der Waals surface area contributed by atoms with E-state index in [1.165, 1.54) is 5.69 Å². The van der Waals surface area contributed by atoms with Gasteiger partial charge in [0.2, 0.25) is 0 Å². The van der Waals surface area contributed by atoms with Crippen molar-refractivity contribution in [3.63, 3.8) is 0 Å². The van der Waals surface area contributed by atoms with Gasteiger partial charge in [-0.3, -0.25) is 4.79 Å². The van der Waals surface area contributed by atoms with Crippen molar-refractivity contribution >= 4 is 23.1 Å². The number of rotatable bonds is 8. The van der Waals surface area contributed by atoms with Gasteiger partial charge in [0.05, 0.1) is 0 Å². The summed E-state index contributed by atoms with van der Waals surface area (Å²) in [5, 5.41) is 3.28. The van der Waals surface area contributed by atoms with E-state index in [1.807, 2.05) is 26.0 Å². The third-order valence-electron chi connectivity index (χ3n) is 4.33. The van der Waals surface area contributed by atoms with Crippen LogP contribution in [0.3, 0.4) is 0 Å². The monoisotopic (exact) mass is 340 g/mol. The molecule has 0 spiro atoms. The smallest absolute Gasteiger partial charge is 0.254 e. The highest BCUT2D eigenvalue weighted by Crippen LogP contribution is 2.21. The fourth-order valence-electron chi connectivity index (χ4n) is 2.82. The molecular weight excluding hydrogens is 312 g/mol. The normalized spacial score (nSPS) is 10.4. The van der Waals surface area contributed by atoms with Gasteiger partial charge in [0.25, 0.3) is 5.91 Å². The summed E-state index contributed by atoms with van der Waals surface area (Å²) in [6.07, 6.45) is 1.67. The first kappa shape index (κ1) is 18.8. The minimum absolute atomic E-state index is 0.0346. The molecule has 1 heterocycles. The van der Waals surface area contributed by atoms with Gasteiger partial charge < -0.3 is 15.1 Å². The van der Waals surface area contributed by atoms with Crippen LogP contribution in [0.1, 0.15) is 38.1 Å². The molecule has 1 N–H and O–H groups in total. The predicted molar refractivity (Wildman–Crippen MR) is 105 cm³/mol. The summed E-state index contributed by atoms with van der Waals surface area (Å²) in [7, 11) is 0. The Bertz CT molecular complexity index is 676. The fourth-order valence-corrected chi connectivity index (χ4v) is 2.82. The van der Waals surface area contributed by atoms with Crippen LogP contribution in [0.4, 0.5) is 17.2 Å². The van der Waals surface area contributed by atoms with Crippen LogP contribution < -0.4 is 10.2 Å². The molecule has 5 heteroatoms. The Hall–Kier alpha value is -2.56. The third kappa shape index (κ3) is 4.72. The van der Waals surface area contributed by atoms with Crippen molar-refractivity contribution in [1.82, 2.24) is 9.88 Å². The Balaban J connectivity index is 2.13. The first-order chi connectivity index (χ1) is 12.1. The number of nitrogens with one attached hydrogen (secondary N) is 1. The number of amides is 1. The number of anilines is 3. The van der Waals surface area contributed by atoms with Crippen LogP contribution in [0.2, 0.25) is 0 Å². The van der Waals surface area contributed by atoms with E-state index in [0.29, 0.717) is 24.5 Å². The zero-order valence-corrected chi connectivity index (χ0v) is 15.6. The van der Waals surface area contributed by atoms with Crippen LogP contribution >= 0.6 is 0 Å². The summed E-state index contributed by atoms with van der Waals surface area (Å²) >= 11 is 0. The number of nitrogens with zero attached hydrogens (tertiary/aromatic N) is 3. The van der Waals surface area contributed by atoms with Crippen molar-refractivity contribution in [3.05, 3.63) is 48.2 Å². The van der Waals surface area contributed by atoms with Crippen molar-refractivity contribution < 1.29 is 4.79 Å². The average Bonchev–Trinajstić information content (AvgIpc) is 2.65. The lowest BCUT2D eigenvalue weighted by Crippen LogP contribution is -2.30. The molecule has 25 heavy (non-hydrogen) atoms. The zero-order valence-electron chi connectivity index (χ0n) is 15.6. The van der Waals surface area contributed by atoms with Crippen molar-refractivity contribution in [2.45, 2.75) is 27.7 Å². The van der Waals surface area contributed by atoms with Gasteiger partial charge in [-0.15, -0.1) is 0 Å². The average molecular weight is 340 g/mol. The van der Waals surface area contributed by atoms with Crippen LogP contribution in [0, 0.1) is 0 Å². The number of benzene rings is 1. The molecule has 1 aromatic carbocycles. The van der Waals surface area contributed by atoms with Crippen molar-refractivity contribution in [2.75, 3.05) is 36.4 Å². The number of hydrogen-bond donors (Lipinski definition) is 1. The number of carbonyl (C=O) groups is 1. The number of carbonyl (C=O) groups excluding carboxylic acids is 1. The minimum atomic E-state index is 0.0346. The Morgan fingerprint density at radius 2 is 1.60 bits per heavy atom. The van der Waals surface area contributed by atoms with Gasteiger partial charge in [0.1, 0.15) is 5.82 Å². The lowest BCUT2D eigenvalue weighted by Gasteiger charge is -2.21. The van der Waals surface area contributed by atoms with Crippen LogP contribution in [0.15, 0.2) is 42.6 Å². The molecule has 0 aliphatic heterocycles. The molecule has 0 saturated heterocycles. The summed E-state index contributed by atoms with van der Waals surface area (Å²) in [6, 6.07) is 11.8. The maximum Gasteiger partial charge on any atom is 0.254 e. The van der Waals surface area contributed by atoms with Gasteiger partial charge in [-0.2, -0.15) is 0 Å². The Morgan fingerprint density at radius 3 is 2.16 bits per heavy atom. The molecule has 0 unspecified atom stereocenters. The lowest BCUT2D eigenvalue weighted by molar-refractivity contribution is 0.0773. The number of aromatic nitrogens is 1. The zero-order chi connectivity index (χ0) is 18.2. The van der Waals surface area contributed by atoms with E-state index in [4.69, 9.17) is 0 Å². The van der Waals surface area contributed by atoms with Gasteiger partial charge >= 0.3 is 0 Å². The van der Waals surface area contributed by atoms with E-state index >= 15 is 0 Å². The standard InChI is InChI=1S/C20H28N4O/c1-5-23(6-2)18-11-9-17(10-12-18)22-19-15-16(13-14-21-19)20(25)24(7-3)8-4/h9-15H,5-8H2,1-4H3,(H,21,22). The molecule has 2 aromatic rings. The molecule has 0 saturated carbocycles. The second-order valence-electron chi connectivity index (χ2n) is 5.75. The van der Waals surface area contributed by atoms with Gasteiger partial charge in [-0.1, -0.05) is 0 Å². The van der Waals surface area contributed by atoms with Gasteiger partial charge in [-0.25, -0.2) is 4.98 Å². The van der Waals surface area contributed by atoms with Gasteiger partial charge in [0, 0.05) is 49.3 Å². The van der Waals surface area contributed by atoms with E-state index in [-0.39, 0.29) is 5.91 Å². The SMILES string of the molecule is CCN(CC)C(=O)c1ccnc(Nc2ccc(N(CC)CC)cc2)c1. The second-order valence-corrected chi connectivity index (χ2v) is 5.75. The number of hydrogen-bond acceptors (Lipinski definition) is 4. The molecule has 2 rings (SSSR count). The van der Waals surface area contributed by atoms with E-state index < -0.39 is 0 Å². The first-order valence-electron chi connectivity index (χ1n) is 9.00. The topological polar surface area (TPSA) is 48.5 Å². The Kier molecular flexibility index (Phi) is 6.81. The Morgan fingerprint density at radius 1 is 0.960 bits per heavy atom. The summed E-state index contributed by atoms with van der Waals surface area (Å²) in [4.78, 5) is 20.9. The number of pyridine rings is 1. The summed E-state index contributed by atoms with van der Waals surface area (Å²) in [6.45, 7) is 11.6. The largest absolute Gasteiger partial charge is 0.372 e. The maximum absolute atomic E-state index is 12.5. The third-order valence-corrected chi connectivity index (χ3v) is 4.33. The van der Waals surface area contributed by atoms with Crippen molar-refractivity contribution in [2.24, 2.45) is 0 Å². The van der Waals surface area contributed by atoms with E-state index in [1.54, 1.807) is 23.2 Å². The molecule has 0 aliphatic rings. The summed E-state index contributed by atoms with van der Waals surface area (Å²) in [5.41, 5.74) is 2.81. The van der Waals surface area contributed by atoms with Crippen LogP contribution in [0.25, 0.3) is 0 Å². The first-order valence-corrected chi connectivity index (χ1v) is 9.00. The highest BCUT2D eigenvalue weighted by Gasteiger charge is 2.13. The molecule has 1 amide bonds. The predicted octanol–water partition coefficient (Wildman–Crippen LogP) is 4.15. The van der Waals surface area contributed by atoms with Crippen LogP contribution in [-0.2, 0) is 0 Å². The fraction of sp³-hybridized carbons (Fsp3) is 0.400. The van der Waals surface area contributed by atoms with Crippen LogP contribution in [-0.4, -0.2) is 42.0 Å².